The van der Waals surface area contributed by atoms with Gasteiger partial charge in [0.2, 0.25) is 10.0 Å². The highest BCUT2D eigenvalue weighted by Crippen LogP contribution is 2.14. The second kappa shape index (κ2) is 8.20. The third-order valence-corrected chi connectivity index (χ3v) is 5.54. The van der Waals surface area contributed by atoms with Crippen molar-refractivity contribution in [2.75, 3.05) is 7.05 Å². The maximum atomic E-state index is 12.6. The standard InChI is InChI=1S/C20H20N4O3S/c1-21-28(26,27)17-13-18(24(2)14-17)20(25)23-22-19(15-9-5-3-6-10-15)16-11-7-4-8-12-16/h3-14,21H,1-2H3,(H,23,25). The fourth-order valence-corrected chi connectivity index (χ4v) is 3.48. The molecule has 1 heterocycles. The predicted molar refractivity (Wildman–Crippen MR) is 108 cm³/mol. The lowest BCUT2D eigenvalue weighted by Gasteiger charge is -2.08. The van der Waals surface area contributed by atoms with E-state index >= 15 is 0 Å². The highest BCUT2D eigenvalue weighted by molar-refractivity contribution is 7.89. The molecule has 7 nitrogen and oxygen atoms in total. The van der Waals surface area contributed by atoms with Crippen LogP contribution in [0.3, 0.4) is 0 Å². The van der Waals surface area contributed by atoms with Crippen LogP contribution < -0.4 is 10.1 Å². The number of benzene rings is 2. The summed E-state index contributed by atoms with van der Waals surface area (Å²) < 4.78 is 27.6. The first-order valence-electron chi connectivity index (χ1n) is 8.51. The zero-order chi connectivity index (χ0) is 20.1. The number of carbonyl (C=O) groups is 1. The normalized spacial score (nSPS) is 11.1. The number of sulfonamides is 1. The monoisotopic (exact) mass is 396 g/mol. The van der Waals surface area contributed by atoms with Gasteiger partial charge in [0.15, 0.2) is 0 Å². The SMILES string of the molecule is CNS(=O)(=O)c1cc(C(=O)NN=C(c2ccccc2)c2ccccc2)n(C)c1. The lowest BCUT2D eigenvalue weighted by molar-refractivity contribution is 0.0947. The van der Waals surface area contributed by atoms with Gasteiger partial charge in [0.25, 0.3) is 5.91 Å². The van der Waals surface area contributed by atoms with Crippen molar-refractivity contribution >= 4 is 21.6 Å². The molecule has 0 bridgehead atoms. The number of hydrogen-bond donors (Lipinski definition) is 2. The average molecular weight is 396 g/mol. The van der Waals surface area contributed by atoms with Gasteiger partial charge < -0.3 is 4.57 Å². The number of nitrogens with zero attached hydrogens (tertiary/aromatic N) is 2. The highest BCUT2D eigenvalue weighted by Gasteiger charge is 2.19. The van der Waals surface area contributed by atoms with E-state index in [4.69, 9.17) is 0 Å². The Morgan fingerprint density at radius 2 is 1.50 bits per heavy atom. The number of hydrazone groups is 1. The molecule has 0 aliphatic heterocycles. The van der Waals surface area contributed by atoms with Crippen LogP contribution in [0, 0.1) is 0 Å². The lowest BCUT2D eigenvalue weighted by Crippen LogP contribution is -2.22. The van der Waals surface area contributed by atoms with Crippen molar-refractivity contribution in [2.24, 2.45) is 12.1 Å². The molecule has 3 rings (SSSR count). The molecule has 0 atom stereocenters. The topological polar surface area (TPSA) is 92.6 Å². The van der Waals surface area contributed by atoms with Crippen LogP contribution in [0.25, 0.3) is 0 Å². The van der Waals surface area contributed by atoms with E-state index < -0.39 is 15.9 Å². The van der Waals surface area contributed by atoms with E-state index in [2.05, 4.69) is 15.2 Å². The Morgan fingerprint density at radius 3 is 2.00 bits per heavy atom. The van der Waals surface area contributed by atoms with Gasteiger partial charge in [0, 0.05) is 24.4 Å². The maximum absolute atomic E-state index is 12.6. The number of hydrogen-bond acceptors (Lipinski definition) is 4. The summed E-state index contributed by atoms with van der Waals surface area (Å²) >= 11 is 0. The van der Waals surface area contributed by atoms with Gasteiger partial charge in [0.1, 0.15) is 10.6 Å². The summed E-state index contributed by atoms with van der Waals surface area (Å²) in [5.74, 6) is -0.510. The number of aromatic nitrogens is 1. The number of rotatable bonds is 6. The number of amides is 1. The Labute approximate surface area is 163 Å². The molecule has 0 fully saturated rings. The molecular formula is C20H20N4O3S. The van der Waals surface area contributed by atoms with Gasteiger partial charge >= 0.3 is 0 Å². The summed E-state index contributed by atoms with van der Waals surface area (Å²) in [6.07, 6.45) is 1.37. The molecular weight excluding hydrogens is 376 g/mol. The fourth-order valence-electron chi connectivity index (χ4n) is 2.68. The zero-order valence-corrected chi connectivity index (χ0v) is 16.3. The molecule has 8 heteroatoms. The zero-order valence-electron chi connectivity index (χ0n) is 15.5. The molecule has 1 amide bonds. The first-order chi connectivity index (χ1) is 13.4. The van der Waals surface area contributed by atoms with Crippen LogP contribution >= 0.6 is 0 Å². The first kappa shape index (κ1) is 19.5. The van der Waals surface area contributed by atoms with Gasteiger partial charge in [-0.15, -0.1) is 0 Å². The predicted octanol–water partition coefficient (Wildman–Crippen LogP) is 2.12. The molecule has 1 aromatic heterocycles. The van der Waals surface area contributed by atoms with E-state index in [0.717, 1.165) is 11.1 Å². The smallest absolute Gasteiger partial charge is 0.288 e. The fraction of sp³-hybridized carbons (Fsp3) is 0.100. The van der Waals surface area contributed by atoms with E-state index in [9.17, 15) is 13.2 Å². The van der Waals surface area contributed by atoms with Crippen molar-refractivity contribution < 1.29 is 13.2 Å². The second-order valence-electron chi connectivity index (χ2n) is 6.01. The second-order valence-corrected chi connectivity index (χ2v) is 7.90. The van der Waals surface area contributed by atoms with Crippen LogP contribution in [0.4, 0.5) is 0 Å². The largest absolute Gasteiger partial charge is 0.345 e. The lowest BCUT2D eigenvalue weighted by atomic mass is 10.0. The van der Waals surface area contributed by atoms with E-state index in [0.29, 0.717) is 5.71 Å². The quantitative estimate of drug-likeness (QED) is 0.494. The minimum Gasteiger partial charge on any atom is -0.345 e. The minimum absolute atomic E-state index is 0.0120. The number of nitrogens with one attached hydrogen (secondary N) is 2. The van der Waals surface area contributed by atoms with Crippen LogP contribution in [-0.2, 0) is 17.1 Å². The molecule has 0 aliphatic carbocycles. The summed E-state index contributed by atoms with van der Waals surface area (Å²) in [7, 11) is -0.720. The Balaban J connectivity index is 1.93. The molecule has 0 unspecified atom stereocenters. The van der Waals surface area contributed by atoms with Crippen LogP contribution in [0.5, 0.6) is 0 Å². The molecule has 2 aromatic carbocycles. The molecule has 28 heavy (non-hydrogen) atoms. The van der Waals surface area contributed by atoms with Gasteiger partial charge in [-0.3, -0.25) is 4.79 Å². The van der Waals surface area contributed by atoms with Gasteiger partial charge in [-0.25, -0.2) is 18.6 Å². The van der Waals surface area contributed by atoms with Crippen molar-refractivity contribution in [3.63, 3.8) is 0 Å². The van der Waals surface area contributed by atoms with Crippen molar-refractivity contribution in [1.82, 2.24) is 14.7 Å². The Bertz CT molecular complexity index is 1060. The molecule has 144 valence electrons. The van der Waals surface area contributed by atoms with E-state index in [-0.39, 0.29) is 10.6 Å². The van der Waals surface area contributed by atoms with Gasteiger partial charge in [0.05, 0.1) is 5.71 Å². The minimum atomic E-state index is -3.64. The molecule has 2 N–H and O–H groups in total. The van der Waals surface area contributed by atoms with Gasteiger partial charge in [-0.2, -0.15) is 5.10 Å². The summed E-state index contributed by atoms with van der Waals surface area (Å²) in [6.45, 7) is 0. The molecule has 0 radical (unpaired) electrons. The molecule has 3 aromatic rings. The third-order valence-electron chi connectivity index (χ3n) is 4.16. The first-order valence-corrected chi connectivity index (χ1v) is 9.99. The molecule has 0 aliphatic rings. The summed E-state index contributed by atoms with van der Waals surface area (Å²) in [6, 6.07) is 20.3. The van der Waals surface area contributed by atoms with Gasteiger partial charge in [-0.05, 0) is 13.1 Å². The van der Waals surface area contributed by atoms with Crippen LogP contribution in [0.1, 0.15) is 21.6 Å². The summed E-state index contributed by atoms with van der Waals surface area (Å²) in [5.41, 5.74) is 5.01. The van der Waals surface area contributed by atoms with Gasteiger partial charge in [-0.1, -0.05) is 60.7 Å². The maximum Gasteiger partial charge on any atom is 0.288 e. The molecule has 0 saturated heterocycles. The summed E-state index contributed by atoms with van der Waals surface area (Å²) in [4.78, 5) is 12.6. The average Bonchev–Trinajstić information content (AvgIpc) is 3.12. The number of aryl methyl sites for hydroxylation is 1. The van der Waals surface area contributed by atoms with Crippen molar-refractivity contribution in [3.05, 3.63) is 89.7 Å². The van der Waals surface area contributed by atoms with E-state index in [1.54, 1.807) is 7.05 Å². The van der Waals surface area contributed by atoms with Crippen LogP contribution in [-0.4, -0.2) is 31.7 Å². The van der Waals surface area contributed by atoms with E-state index in [1.807, 2.05) is 60.7 Å². The Kier molecular flexibility index (Phi) is 5.72. The van der Waals surface area contributed by atoms with Crippen molar-refractivity contribution in [1.29, 1.82) is 0 Å². The van der Waals surface area contributed by atoms with E-state index in [1.165, 1.54) is 23.9 Å². The Morgan fingerprint density at radius 1 is 0.964 bits per heavy atom. The summed E-state index contributed by atoms with van der Waals surface area (Å²) in [5, 5.41) is 4.31. The van der Waals surface area contributed by atoms with Crippen LogP contribution in [0.15, 0.2) is 82.9 Å². The van der Waals surface area contributed by atoms with Crippen LogP contribution in [0.2, 0.25) is 0 Å². The Hall–Kier alpha value is -3.23. The number of carbonyl (C=O) groups excluding carboxylic acids is 1. The molecule has 0 spiro atoms. The molecule has 0 saturated carbocycles. The highest BCUT2D eigenvalue weighted by atomic mass is 32.2. The van der Waals surface area contributed by atoms with Crippen molar-refractivity contribution in [2.45, 2.75) is 4.90 Å². The third kappa shape index (κ3) is 4.19. The van der Waals surface area contributed by atoms with Crippen molar-refractivity contribution in [3.8, 4) is 0 Å².